The summed E-state index contributed by atoms with van der Waals surface area (Å²) >= 11 is 7.00. The average Bonchev–Trinajstić information content (AvgIpc) is 2.74. The fraction of sp³-hybridized carbons (Fsp3) is 0.538. The second-order valence-corrected chi connectivity index (χ2v) is 6.57. The standard InChI is InChI=1S/C13H17Br2NO2/c1-9(11-3-2-10(14)6-12(11)15)16-7-13(17)4-5-18-8-13/h2-3,6,9,16-17H,4-5,7-8H2,1H3. The zero-order chi connectivity index (χ0) is 13.2. The quantitative estimate of drug-likeness (QED) is 0.846. The molecule has 0 aliphatic carbocycles. The van der Waals surface area contributed by atoms with Crippen molar-refractivity contribution in [3.8, 4) is 0 Å². The zero-order valence-corrected chi connectivity index (χ0v) is 13.4. The Bertz CT molecular complexity index is 419. The van der Waals surface area contributed by atoms with Crippen LogP contribution in [0.2, 0.25) is 0 Å². The molecule has 5 heteroatoms. The minimum absolute atomic E-state index is 0.178. The Morgan fingerprint density at radius 3 is 2.89 bits per heavy atom. The first-order valence-electron chi connectivity index (χ1n) is 5.99. The molecule has 0 aromatic heterocycles. The molecule has 2 rings (SSSR count). The average molecular weight is 379 g/mol. The van der Waals surface area contributed by atoms with E-state index >= 15 is 0 Å². The molecule has 1 aromatic rings. The summed E-state index contributed by atoms with van der Waals surface area (Å²) < 4.78 is 7.34. The molecule has 0 spiro atoms. The van der Waals surface area contributed by atoms with Crippen molar-refractivity contribution in [2.75, 3.05) is 19.8 Å². The minimum atomic E-state index is -0.712. The first-order valence-corrected chi connectivity index (χ1v) is 7.57. The van der Waals surface area contributed by atoms with Crippen LogP contribution in [0.25, 0.3) is 0 Å². The van der Waals surface area contributed by atoms with Gasteiger partial charge in [0.1, 0.15) is 5.60 Å². The summed E-state index contributed by atoms with van der Waals surface area (Å²) in [6.45, 7) is 3.71. The van der Waals surface area contributed by atoms with Gasteiger partial charge in [-0.05, 0) is 24.6 Å². The van der Waals surface area contributed by atoms with Gasteiger partial charge in [0.15, 0.2) is 0 Å². The molecule has 2 unspecified atom stereocenters. The van der Waals surface area contributed by atoms with Crippen LogP contribution in [-0.2, 0) is 4.74 Å². The molecule has 18 heavy (non-hydrogen) atoms. The molecule has 0 bridgehead atoms. The van der Waals surface area contributed by atoms with Crippen LogP contribution in [-0.4, -0.2) is 30.5 Å². The maximum atomic E-state index is 10.2. The molecule has 2 atom stereocenters. The van der Waals surface area contributed by atoms with Gasteiger partial charge < -0.3 is 15.2 Å². The molecule has 0 radical (unpaired) electrons. The van der Waals surface area contributed by atoms with Crippen molar-refractivity contribution >= 4 is 31.9 Å². The maximum absolute atomic E-state index is 10.2. The number of benzene rings is 1. The van der Waals surface area contributed by atoms with Crippen molar-refractivity contribution < 1.29 is 9.84 Å². The largest absolute Gasteiger partial charge is 0.386 e. The number of halogens is 2. The Kier molecular flexibility index (Phi) is 4.83. The van der Waals surface area contributed by atoms with E-state index < -0.39 is 5.60 Å². The lowest BCUT2D eigenvalue weighted by molar-refractivity contribution is 0.0252. The second kappa shape index (κ2) is 6.01. The van der Waals surface area contributed by atoms with E-state index in [0.29, 0.717) is 26.2 Å². The molecule has 1 saturated heterocycles. The highest BCUT2D eigenvalue weighted by Crippen LogP contribution is 2.27. The molecular weight excluding hydrogens is 362 g/mol. The summed E-state index contributed by atoms with van der Waals surface area (Å²) in [6.07, 6.45) is 0.703. The van der Waals surface area contributed by atoms with Crippen LogP contribution in [0.1, 0.15) is 24.9 Å². The number of aliphatic hydroxyl groups is 1. The lowest BCUT2D eigenvalue weighted by atomic mass is 10.0. The van der Waals surface area contributed by atoms with Gasteiger partial charge >= 0.3 is 0 Å². The lowest BCUT2D eigenvalue weighted by Crippen LogP contribution is -2.41. The minimum Gasteiger partial charge on any atom is -0.386 e. The molecule has 1 aliphatic heterocycles. The van der Waals surface area contributed by atoms with E-state index in [1.807, 2.05) is 12.1 Å². The molecule has 3 nitrogen and oxygen atoms in total. The van der Waals surface area contributed by atoms with Crippen LogP contribution in [0.3, 0.4) is 0 Å². The Balaban J connectivity index is 1.97. The van der Waals surface area contributed by atoms with E-state index in [9.17, 15) is 5.11 Å². The van der Waals surface area contributed by atoms with Gasteiger partial charge in [0.2, 0.25) is 0 Å². The molecule has 1 aliphatic rings. The second-order valence-electron chi connectivity index (χ2n) is 4.80. The predicted octanol–water partition coefficient (Wildman–Crippen LogP) is 3.01. The van der Waals surface area contributed by atoms with Crippen molar-refractivity contribution in [1.82, 2.24) is 5.32 Å². The molecule has 0 saturated carbocycles. The molecular formula is C13H17Br2NO2. The third-order valence-electron chi connectivity index (χ3n) is 3.25. The number of hydrogen-bond acceptors (Lipinski definition) is 3. The fourth-order valence-corrected chi connectivity index (χ4v) is 3.43. The molecule has 1 fully saturated rings. The van der Waals surface area contributed by atoms with Gasteiger partial charge in [0, 0.05) is 34.6 Å². The summed E-state index contributed by atoms with van der Waals surface area (Å²) in [5, 5.41) is 13.6. The zero-order valence-electron chi connectivity index (χ0n) is 10.2. The smallest absolute Gasteiger partial charge is 0.103 e. The predicted molar refractivity (Wildman–Crippen MR) is 78.6 cm³/mol. The maximum Gasteiger partial charge on any atom is 0.103 e. The van der Waals surface area contributed by atoms with Crippen LogP contribution in [0.15, 0.2) is 27.1 Å². The highest BCUT2D eigenvalue weighted by Gasteiger charge is 2.32. The number of rotatable bonds is 4. The topological polar surface area (TPSA) is 41.5 Å². The molecule has 100 valence electrons. The summed E-state index contributed by atoms with van der Waals surface area (Å²) in [4.78, 5) is 0. The molecule has 0 amide bonds. The van der Waals surface area contributed by atoms with E-state index in [1.165, 1.54) is 5.56 Å². The summed E-state index contributed by atoms with van der Waals surface area (Å²) in [5.74, 6) is 0. The highest BCUT2D eigenvalue weighted by molar-refractivity contribution is 9.11. The Morgan fingerprint density at radius 2 is 2.28 bits per heavy atom. The van der Waals surface area contributed by atoms with Gasteiger partial charge in [-0.2, -0.15) is 0 Å². The van der Waals surface area contributed by atoms with Gasteiger partial charge in [0.25, 0.3) is 0 Å². The van der Waals surface area contributed by atoms with Gasteiger partial charge in [-0.25, -0.2) is 0 Å². The van der Waals surface area contributed by atoms with Gasteiger partial charge in [-0.3, -0.25) is 0 Å². The molecule has 2 N–H and O–H groups in total. The van der Waals surface area contributed by atoms with Crippen LogP contribution in [0.5, 0.6) is 0 Å². The van der Waals surface area contributed by atoms with Gasteiger partial charge in [-0.15, -0.1) is 0 Å². The SMILES string of the molecule is CC(NCC1(O)CCOC1)c1ccc(Br)cc1Br. The van der Waals surface area contributed by atoms with Crippen molar-refractivity contribution in [2.24, 2.45) is 0 Å². The fourth-order valence-electron chi connectivity index (χ4n) is 2.04. The monoisotopic (exact) mass is 377 g/mol. The van der Waals surface area contributed by atoms with E-state index in [1.54, 1.807) is 0 Å². The summed E-state index contributed by atoms with van der Waals surface area (Å²) in [6, 6.07) is 6.30. The number of nitrogens with one attached hydrogen (secondary N) is 1. The first-order chi connectivity index (χ1) is 8.50. The van der Waals surface area contributed by atoms with E-state index in [2.05, 4.69) is 50.2 Å². The third kappa shape index (κ3) is 3.54. The van der Waals surface area contributed by atoms with Crippen molar-refractivity contribution in [1.29, 1.82) is 0 Å². The van der Waals surface area contributed by atoms with E-state index in [4.69, 9.17) is 4.74 Å². The Morgan fingerprint density at radius 1 is 1.50 bits per heavy atom. The normalized spacial score (nSPS) is 25.3. The van der Waals surface area contributed by atoms with Crippen LogP contribution in [0, 0.1) is 0 Å². The van der Waals surface area contributed by atoms with Crippen molar-refractivity contribution in [3.63, 3.8) is 0 Å². The highest BCUT2D eigenvalue weighted by atomic mass is 79.9. The van der Waals surface area contributed by atoms with E-state index in [0.717, 1.165) is 8.95 Å². The number of ether oxygens (including phenoxy) is 1. The van der Waals surface area contributed by atoms with Crippen molar-refractivity contribution in [3.05, 3.63) is 32.7 Å². The van der Waals surface area contributed by atoms with Crippen LogP contribution < -0.4 is 5.32 Å². The Labute approximate surface area is 124 Å². The summed E-state index contributed by atoms with van der Waals surface area (Å²) in [5.41, 5.74) is 0.469. The van der Waals surface area contributed by atoms with Crippen LogP contribution >= 0.6 is 31.9 Å². The lowest BCUT2D eigenvalue weighted by Gasteiger charge is -2.24. The van der Waals surface area contributed by atoms with Crippen molar-refractivity contribution in [2.45, 2.75) is 25.0 Å². The Hall–Kier alpha value is 0.0600. The van der Waals surface area contributed by atoms with Gasteiger partial charge in [-0.1, -0.05) is 37.9 Å². The third-order valence-corrected chi connectivity index (χ3v) is 4.43. The van der Waals surface area contributed by atoms with Gasteiger partial charge in [0.05, 0.1) is 6.61 Å². The van der Waals surface area contributed by atoms with Crippen LogP contribution in [0.4, 0.5) is 0 Å². The van der Waals surface area contributed by atoms with E-state index in [-0.39, 0.29) is 6.04 Å². The summed E-state index contributed by atoms with van der Waals surface area (Å²) in [7, 11) is 0. The molecule has 1 heterocycles. The first kappa shape index (κ1) is 14.5. The number of hydrogen-bond donors (Lipinski definition) is 2. The molecule has 1 aromatic carbocycles.